The molecule has 6 aliphatic rings. The number of guanidine groups is 2. The van der Waals surface area contributed by atoms with E-state index in [4.69, 9.17) is 11.5 Å². The second-order valence-electron chi connectivity index (χ2n) is 12.1. The van der Waals surface area contributed by atoms with Gasteiger partial charge in [-0.3, -0.25) is 34.9 Å². The van der Waals surface area contributed by atoms with Gasteiger partial charge in [-0.1, -0.05) is 18.6 Å². The number of likely N-dealkylation sites (tertiary alicyclic amines) is 1. The summed E-state index contributed by atoms with van der Waals surface area (Å²) in [7, 11) is 0. The maximum Gasteiger partial charge on any atom is 0.343 e. The lowest BCUT2D eigenvalue weighted by Gasteiger charge is -2.47. The van der Waals surface area contributed by atoms with Crippen LogP contribution in [0.2, 0.25) is 0 Å². The van der Waals surface area contributed by atoms with Gasteiger partial charge in [0.1, 0.15) is 12.1 Å². The Morgan fingerprint density at radius 3 is 2.55 bits per heavy atom. The summed E-state index contributed by atoms with van der Waals surface area (Å²) in [6.07, 6.45) is 6.66. The Kier molecular flexibility index (Phi) is 5.31. The molecular weight excluding hydrogens is 516 g/mol. The summed E-state index contributed by atoms with van der Waals surface area (Å²) in [6, 6.07) is 2.98. The monoisotopic (exact) mass is 551 g/mol. The lowest BCUT2D eigenvalue weighted by atomic mass is 9.58. The number of carbonyl (C=O) groups excluding carboxylic acids is 3. The van der Waals surface area contributed by atoms with Crippen molar-refractivity contribution in [2.45, 2.75) is 86.4 Å². The van der Waals surface area contributed by atoms with Crippen molar-refractivity contribution in [2.24, 2.45) is 16.5 Å². The van der Waals surface area contributed by atoms with Gasteiger partial charge >= 0.3 is 5.96 Å². The summed E-state index contributed by atoms with van der Waals surface area (Å²) in [6.45, 7) is -0.147. The Labute approximate surface area is 230 Å². The summed E-state index contributed by atoms with van der Waals surface area (Å²) in [5.41, 5.74) is 13.8. The van der Waals surface area contributed by atoms with Gasteiger partial charge < -0.3 is 21.3 Å². The number of hydrogen-bond donors (Lipinski definition) is 7. The van der Waals surface area contributed by atoms with Crippen LogP contribution in [-0.4, -0.2) is 92.3 Å². The van der Waals surface area contributed by atoms with Crippen LogP contribution in [0.3, 0.4) is 0 Å². The van der Waals surface area contributed by atoms with Crippen molar-refractivity contribution in [1.29, 1.82) is 0 Å². The Morgan fingerprint density at radius 1 is 1.12 bits per heavy atom. The molecule has 4 atom stereocenters. The van der Waals surface area contributed by atoms with Crippen molar-refractivity contribution < 1.29 is 29.6 Å². The molecule has 2 aliphatic carbocycles. The average Bonchev–Trinajstić information content (AvgIpc) is 3.49. The first kappa shape index (κ1) is 25.3. The summed E-state index contributed by atoms with van der Waals surface area (Å²) in [4.78, 5) is 48.5. The minimum Gasteiger partial charge on any atom is -0.370 e. The number of nitrogens with zero attached hydrogens (tertiary/aromatic N) is 3. The van der Waals surface area contributed by atoms with E-state index in [9.17, 15) is 24.6 Å². The van der Waals surface area contributed by atoms with Gasteiger partial charge in [0.05, 0.1) is 13.1 Å². The van der Waals surface area contributed by atoms with Gasteiger partial charge in [0.25, 0.3) is 11.6 Å². The van der Waals surface area contributed by atoms with Gasteiger partial charge in [0, 0.05) is 18.4 Å². The molecule has 2 spiro atoms. The number of hydrogen-bond acceptors (Lipinski definition) is 10. The van der Waals surface area contributed by atoms with Crippen LogP contribution in [-0.2, 0) is 21.4 Å². The lowest BCUT2D eigenvalue weighted by molar-refractivity contribution is -0.521. The highest BCUT2D eigenvalue weighted by Gasteiger charge is 2.76. The van der Waals surface area contributed by atoms with E-state index in [1.165, 1.54) is 16.9 Å². The van der Waals surface area contributed by atoms with Crippen molar-refractivity contribution in [3.63, 3.8) is 0 Å². The van der Waals surface area contributed by atoms with E-state index in [2.05, 4.69) is 26.7 Å². The Balaban J connectivity index is 1.19. The van der Waals surface area contributed by atoms with Gasteiger partial charge in [-0.05, 0) is 54.7 Å². The average molecular weight is 552 g/mol. The van der Waals surface area contributed by atoms with Gasteiger partial charge in [-0.2, -0.15) is 0 Å². The number of aliphatic imine (C=N–C) groups is 1. The molecule has 0 aromatic heterocycles. The maximum absolute atomic E-state index is 13.7. The predicted molar refractivity (Wildman–Crippen MR) is 141 cm³/mol. The van der Waals surface area contributed by atoms with Crippen molar-refractivity contribution in [3.05, 3.63) is 34.9 Å². The molecule has 2 unspecified atom stereocenters. The largest absolute Gasteiger partial charge is 0.370 e. The molecule has 4 aliphatic heterocycles. The van der Waals surface area contributed by atoms with Crippen LogP contribution in [0.1, 0.15) is 66.4 Å². The fourth-order valence-corrected chi connectivity index (χ4v) is 8.00. The fourth-order valence-electron chi connectivity index (χ4n) is 8.00. The smallest absolute Gasteiger partial charge is 0.343 e. The molecule has 9 N–H and O–H groups in total. The molecule has 7 rings (SSSR count). The van der Waals surface area contributed by atoms with E-state index in [0.29, 0.717) is 5.56 Å². The normalized spacial score (nSPS) is 33.0. The third kappa shape index (κ3) is 3.24. The molecular formula is C27H35N8O5+. The summed E-state index contributed by atoms with van der Waals surface area (Å²) in [5, 5.41) is 29.4. The van der Waals surface area contributed by atoms with Crippen molar-refractivity contribution >= 4 is 29.6 Å². The van der Waals surface area contributed by atoms with Crippen LogP contribution >= 0.6 is 0 Å². The molecule has 0 bridgehead atoms. The van der Waals surface area contributed by atoms with Crippen molar-refractivity contribution in [3.8, 4) is 0 Å². The molecule has 1 aromatic carbocycles. The molecule has 3 fully saturated rings. The van der Waals surface area contributed by atoms with Crippen LogP contribution < -0.4 is 27.1 Å². The number of nitrogens with one attached hydrogen (secondary N) is 3. The number of imide groups is 1. The predicted octanol–water partition coefficient (Wildman–Crippen LogP) is -3.55. The first-order valence-electron chi connectivity index (χ1n) is 14.1. The van der Waals surface area contributed by atoms with Crippen LogP contribution in [0.15, 0.2) is 23.2 Å². The molecule has 13 heteroatoms. The SMILES string of the molecule is NC1=N[C@@H](CN2C(=O)CCC2=O)[C@@H]2[NH+]=C(N)NC23N1CC(NC(=O)c1cccc2c1CCCC21CCC1)C3(O)O. The number of aliphatic hydroxyl groups is 2. The van der Waals surface area contributed by atoms with E-state index in [1.54, 1.807) is 6.07 Å². The third-order valence-corrected chi connectivity index (χ3v) is 10.1. The molecule has 13 nitrogen and oxygen atoms in total. The zero-order valence-corrected chi connectivity index (χ0v) is 22.2. The van der Waals surface area contributed by atoms with E-state index >= 15 is 0 Å². The van der Waals surface area contributed by atoms with E-state index < -0.39 is 29.6 Å². The molecule has 2 saturated heterocycles. The maximum atomic E-state index is 13.7. The van der Waals surface area contributed by atoms with Gasteiger partial charge in [-0.25, -0.2) is 10.3 Å². The van der Waals surface area contributed by atoms with Gasteiger partial charge in [-0.15, -0.1) is 0 Å². The number of fused-ring (bicyclic) bond motifs is 2. The summed E-state index contributed by atoms with van der Waals surface area (Å²) < 4.78 is 0. The summed E-state index contributed by atoms with van der Waals surface area (Å²) >= 11 is 0. The second kappa shape index (κ2) is 8.40. The topological polar surface area (TPSA) is 201 Å². The van der Waals surface area contributed by atoms with E-state index in [-0.39, 0.29) is 61.0 Å². The van der Waals surface area contributed by atoms with Crippen LogP contribution in [0.25, 0.3) is 0 Å². The molecule has 1 saturated carbocycles. The Bertz CT molecular complexity index is 1370. The first-order valence-corrected chi connectivity index (χ1v) is 14.1. The molecule has 4 heterocycles. The van der Waals surface area contributed by atoms with Crippen LogP contribution in [0, 0.1) is 0 Å². The zero-order valence-electron chi connectivity index (χ0n) is 22.2. The Hall–Kier alpha value is -3.71. The minimum absolute atomic E-state index is 0.0161. The standard InChI is InChI=1S/C27H34N8O5/c28-23-32-21-17(12-34-19(36)7-8-20(34)37)30-24(29)35-13-18(27(39,40)26(21,35)33-23)31-22(38)15-4-1-6-16-14(15)5-2-9-25(16)10-3-11-25/h1,4,6,17-18,21,39-40H,2-3,5,7-13H2,(H2,29,30)(H,31,38)(H3,28,32,33)/p+1/t17-,18?,21-,26?/m0/s1. The highest BCUT2D eigenvalue weighted by atomic mass is 16.5. The minimum atomic E-state index is -2.57. The van der Waals surface area contributed by atoms with Crippen LogP contribution in [0.4, 0.5) is 0 Å². The number of benzene rings is 1. The van der Waals surface area contributed by atoms with E-state index in [0.717, 1.165) is 42.6 Å². The van der Waals surface area contributed by atoms with Crippen molar-refractivity contribution in [2.75, 3.05) is 13.1 Å². The number of rotatable bonds is 4. The number of carbonyl (C=O) groups is 3. The number of amides is 3. The molecule has 212 valence electrons. The first-order chi connectivity index (χ1) is 19.1. The Morgan fingerprint density at radius 2 is 1.85 bits per heavy atom. The fraction of sp³-hybridized carbons (Fsp3) is 0.593. The second-order valence-corrected chi connectivity index (χ2v) is 12.1. The third-order valence-electron chi connectivity index (χ3n) is 10.1. The highest BCUT2D eigenvalue weighted by Crippen LogP contribution is 2.51. The summed E-state index contributed by atoms with van der Waals surface area (Å²) in [5.74, 6) is -3.54. The molecule has 40 heavy (non-hydrogen) atoms. The lowest BCUT2D eigenvalue weighted by Crippen LogP contribution is -2.90. The van der Waals surface area contributed by atoms with Gasteiger partial charge in [0.15, 0.2) is 12.0 Å². The van der Waals surface area contributed by atoms with Gasteiger partial charge in [0.2, 0.25) is 17.6 Å². The molecule has 3 amide bonds. The van der Waals surface area contributed by atoms with Crippen LogP contribution in [0.5, 0.6) is 0 Å². The zero-order chi connectivity index (χ0) is 28.0. The molecule has 0 radical (unpaired) electrons. The number of nitrogens with two attached hydrogens (primary N) is 2. The highest BCUT2D eigenvalue weighted by molar-refractivity contribution is 6.02. The van der Waals surface area contributed by atoms with Crippen molar-refractivity contribution in [1.82, 2.24) is 20.4 Å². The van der Waals surface area contributed by atoms with E-state index in [1.807, 2.05) is 6.07 Å². The quantitative estimate of drug-likeness (QED) is 0.146. The molecule has 1 aromatic rings.